The zero-order chi connectivity index (χ0) is 22.0. The lowest BCUT2D eigenvalue weighted by Gasteiger charge is -2.21. The molecule has 1 atom stereocenters. The molecule has 13 heteroatoms. The number of nitrogens with zero attached hydrogens (tertiary/aromatic N) is 5. The van der Waals surface area contributed by atoms with Gasteiger partial charge in [0.1, 0.15) is 31.3 Å². The number of rotatable bonds is 6. The van der Waals surface area contributed by atoms with E-state index in [0.717, 1.165) is 0 Å². The Kier molecular flexibility index (Phi) is 5.42. The molecule has 0 radical (unpaired) electrons. The van der Waals surface area contributed by atoms with Crippen LogP contribution in [0.15, 0.2) is 42.9 Å². The zero-order valence-electron chi connectivity index (χ0n) is 15.7. The van der Waals surface area contributed by atoms with E-state index in [-0.39, 0.29) is 36.9 Å². The van der Waals surface area contributed by atoms with Crippen molar-refractivity contribution in [3.05, 3.63) is 58.8 Å². The molecule has 0 bridgehead atoms. The van der Waals surface area contributed by atoms with Gasteiger partial charge in [-0.25, -0.2) is 9.97 Å². The number of imidazole rings is 1. The fourth-order valence-corrected chi connectivity index (χ4v) is 2.88. The van der Waals surface area contributed by atoms with Crippen LogP contribution in [0.4, 0.5) is 19.0 Å². The number of ether oxygens (including phenoxy) is 3. The summed E-state index contributed by atoms with van der Waals surface area (Å²) < 4.78 is 53.1. The second-order valence-electron chi connectivity index (χ2n) is 6.50. The first-order valence-corrected chi connectivity index (χ1v) is 8.90. The van der Waals surface area contributed by atoms with Crippen LogP contribution in [0.5, 0.6) is 11.8 Å². The monoisotopic (exact) mass is 437 g/mol. The normalized spacial score (nSPS) is 15.8. The smallest absolute Gasteiger partial charge is 0.443 e. The van der Waals surface area contributed by atoms with Crippen molar-refractivity contribution >= 4 is 5.82 Å². The van der Waals surface area contributed by atoms with Crippen LogP contribution < -0.4 is 9.47 Å². The van der Waals surface area contributed by atoms with E-state index in [1.165, 1.54) is 47.4 Å². The average molecular weight is 437 g/mol. The van der Waals surface area contributed by atoms with Crippen molar-refractivity contribution in [2.24, 2.45) is 0 Å². The van der Waals surface area contributed by atoms with Gasteiger partial charge in [-0.2, -0.15) is 0 Å². The van der Waals surface area contributed by atoms with Gasteiger partial charge in [0, 0.05) is 22.9 Å². The Bertz CT molecular complexity index is 1070. The maximum absolute atomic E-state index is 12.2. The van der Waals surface area contributed by atoms with Gasteiger partial charge >= 0.3 is 18.2 Å². The summed E-state index contributed by atoms with van der Waals surface area (Å²) in [5, 5.41) is 10.8. The fraction of sp³-hybridized carbons (Fsp3) is 0.278. The molecular weight excluding hydrogens is 423 g/mol. The summed E-state index contributed by atoms with van der Waals surface area (Å²) in [6.07, 6.45) is -0.781. The first-order valence-electron chi connectivity index (χ1n) is 8.90. The van der Waals surface area contributed by atoms with Gasteiger partial charge in [-0.3, -0.25) is 4.57 Å². The molecule has 2 aromatic heterocycles. The summed E-state index contributed by atoms with van der Waals surface area (Å²) in [4.78, 5) is 22.3. The van der Waals surface area contributed by atoms with Crippen molar-refractivity contribution in [2.45, 2.75) is 25.6 Å². The summed E-state index contributed by atoms with van der Waals surface area (Å²) in [5.41, 5.74) is 1.23. The molecule has 3 heterocycles. The van der Waals surface area contributed by atoms with Gasteiger partial charge in [0.25, 0.3) is 0 Å². The first kappa shape index (κ1) is 20.5. The van der Waals surface area contributed by atoms with Crippen LogP contribution in [-0.2, 0) is 17.9 Å². The Hall–Kier alpha value is -3.74. The van der Waals surface area contributed by atoms with Gasteiger partial charge in [-0.1, -0.05) is 12.1 Å². The first-order chi connectivity index (χ1) is 14.8. The molecule has 10 nitrogen and oxygen atoms in total. The number of aromatic nitrogens is 4. The summed E-state index contributed by atoms with van der Waals surface area (Å²) in [6, 6.07) is 5.52. The summed E-state index contributed by atoms with van der Waals surface area (Å²) in [6.45, 7) is 0.595. The van der Waals surface area contributed by atoms with Crippen molar-refractivity contribution in [1.82, 2.24) is 19.5 Å². The number of fused-ring (bicyclic) bond motifs is 1. The molecule has 1 aromatic carbocycles. The molecular formula is C18H14F3N5O5. The predicted molar refractivity (Wildman–Crippen MR) is 97.1 cm³/mol. The van der Waals surface area contributed by atoms with Gasteiger partial charge in [-0.15, -0.1) is 13.2 Å². The minimum atomic E-state index is -4.75. The highest BCUT2D eigenvalue weighted by Crippen LogP contribution is 2.26. The Morgan fingerprint density at radius 2 is 1.90 bits per heavy atom. The average Bonchev–Trinajstić information content (AvgIpc) is 3.16. The molecule has 0 saturated carbocycles. The van der Waals surface area contributed by atoms with E-state index >= 15 is 0 Å². The highest BCUT2D eigenvalue weighted by atomic mass is 19.4. The van der Waals surface area contributed by atoms with Gasteiger partial charge in [0.2, 0.25) is 0 Å². The second-order valence-corrected chi connectivity index (χ2v) is 6.50. The maximum atomic E-state index is 12.2. The molecule has 3 aromatic rings. The largest absolute Gasteiger partial charge is 0.573 e. The van der Waals surface area contributed by atoms with Crippen LogP contribution in [0, 0.1) is 10.1 Å². The Morgan fingerprint density at radius 1 is 1.19 bits per heavy atom. The fourth-order valence-electron chi connectivity index (χ4n) is 2.88. The second kappa shape index (κ2) is 8.18. The van der Waals surface area contributed by atoms with Gasteiger partial charge in [-0.05, 0) is 22.6 Å². The third-order valence-corrected chi connectivity index (χ3v) is 4.29. The lowest BCUT2D eigenvalue weighted by Crippen LogP contribution is -2.32. The molecule has 0 fully saturated rings. The van der Waals surface area contributed by atoms with Crippen molar-refractivity contribution < 1.29 is 32.3 Å². The molecule has 4 rings (SSSR count). The number of hydrogen-bond acceptors (Lipinski definition) is 8. The van der Waals surface area contributed by atoms with Crippen LogP contribution in [-0.4, -0.2) is 43.5 Å². The van der Waals surface area contributed by atoms with Crippen molar-refractivity contribution in [2.75, 3.05) is 6.61 Å². The Morgan fingerprint density at radius 3 is 2.55 bits per heavy atom. The number of alkyl halides is 3. The minimum absolute atomic E-state index is 0.0821. The van der Waals surface area contributed by atoms with E-state index in [1.54, 1.807) is 0 Å². The van der Waals surface area contributed by atoms with Crippen LogP contribution in [0.2, 0.25) is 0 Å². The van der Waals surface area contributed by atoms with Crippen LogP contribution >= 0.6 is 0 Å². The zero-order valence-corrected chi connectivity index (χ0v) is 15.7. The van der Waals surface area contributed by atoms with Crippen molar-refractivity contribution in [3.63, 3.8) is 0 Å². The van der Waals surface area contributed by atoms with E-state index in [2.05, 4.69) is 19.7 Å². The lowest BCUT2D eigenvalue weighted by molar-refractivity contribution is -0.389. The van der Waals surface area contributed by atoms with Gasteiger partial charge in [0.15, 0.2) is 5.82 Å². The Labute approximate surface area is 172 Å². The SMILES string of the molecule is O=[N+]([O-])c1cn2c(n1)OC[C@@H](OCc1ncc(-c3ccc(OC(F)(F)F)cc3)cn1)C2. The van der Waals surface area contributed by atoms with Crippen LogP contribution in [0.1, 0.15) is 5.82 Å². The molecule has 0 aliphatic carbocycles. The molecule has 0 N–H and O–H groups in total. The van der Waals surface area contributed by atoms with Crippen molar-refractivity contribution in [1.29, 1.82) is 0 Å². The maximum Gasteiger partial charge on any atom is 0.573 e. The summed E-state index contributed by atoms with van der Waals surface area (Å²) in [5.74, 6) is -0.223. The molecule has 162 valence electrons. The van der Waals surface area contributed by atoms with E-state index in [1.807, 2.05) is 0 Å². The van der Waals surface area contributed by atoms with Crippen LogP contribution in [0.25, 0.3) is 11.1 Å². The van der Waals surface area contributed by atoms with Crippen LogP contribution in [0.3, 0.4) is 0 Å². The molecule has 0 spiro atoms. The quantitative estimate of drug-likeness (QED) is 0.427. The molecule has 1 aliphatic heterocycles. The standard InChI is InChI=1S/C18H14F3N5O5/c19-18(20,21)31-13-3-1-11(2-4-13)12-5-22-15(23-6-12)10-29-14-7-25-8-16(26(27)28)24-17(25)30-9-14/h1-6,8,14H,7,9-10H2/t14-/m0/s1. The molecule has 1 aliphatic rings. The topological polar surface area (TPSA) is 114 Å². The summed E-state index contributed by atoms with van der Waals surface area (Å²) >= 11 is 0. The van der Waals surface area contributed by atoms with E-state index in [4.69, 9.17) is 9.47 Å². The highest BCUT2D eigenvalue weighted by Gasteiger charge is 2.31. The van der Waals surface area contributed by atoms with E-state index in [0.29, 0.717) is 23.5 Å². The number of halogens is 3. The number of nitro groups is 1. The Balaban J connectivity index is 1.33. The number of hydrogen-bond donors (Lipinski definition) is 0. The molecule has 0 amide bonds. The van der Waals surface area contributed by atoms with Gasteiger partial charge in [0.05, 0.1) is 6.54 Å². The van der Waals surface area contributed by atoms with E-state index in [9.17, 15) is 23.3 Å². The highest BCUT2D eigenvalue weighted by molar-refractivity contribution is 5.62. The lowest BCUT2D eigenvalue weighted by atomic mass is 10.1. The third-order valence-electron chi connectivity index (χ3n) is 4.29. The van der Waals surface area contributed by atoms with E-state index < -0.39 is 11.3 Å². The molecule has 0 saturated heterocycles. The molecule has 0 unspecified atom stereocenters. The number of benzene rings is 1. The predicted octanol–water partition coefficient (Wildman–Crippen LogP) is 3.12. The minimum Gasteiger partial charge on any atom is -0.443 e. The molecule has 31 heavy (non-hydrogen) atoms. The van der Waals surface area contributed by atoms with Crippen molar-refractivity contribution in [3.8, 4) is 22.9 Å². The van der Waals surface area contributed by atoms with Gasteiger partial charge < -0.3 is 24.3 Å². The third kappa shape index (κ3) is 5.06. The summed E-state index contributed by atoms with van der Waals surface area (Å²) in [7, 11) is 0.